The summed E-state index contributed by atoms with van der Waals surface area (Å²) in [5.41, 5.74) is 0. The Balaban J connectivity index is 2.64. The van der Waals surface area contributed by atoms with Crippen LogP contribution in [0.2, 0.25) is 0 Å². The molecule has 1 rings (SSSR count). The standard InChI is InChI=1S/C11H16S2/c1-9(2)8-13-11-7-5-4-6-10(11)12-3/h4-7,9H,8H2,1-3H3. The number of hydrogen-bond acceptors (Lipinski definition) is 2. The minimum atomic E-state index is 0.764. The molecule has 0 nitrogen and oxygen atoms in total. The van der Waals surface area contributed by atoms with Crippen LogP contribution in [0.1, 0.15) is 13.8 Å². The minimum absolute atomic E-state index is 0.764. The van der Waals surface area contributed by atoms with Crippen LogP contribution in [0.15, 0.2) is 34.1 Å². The molecule has 1 aromatic rings. The molecule has 0 N–H and O–H groups in total. The molecular formula is C11H16S2. The molecule has 0 aliphatic heterocycles. The van der Waals surface area contributed by atoms with Crippen LogP contribution < -0.4 is 0 Å². The Morgan fingerprint density at radius 1 is 1.15 bits per heavy atom. The van der Waals surface area contributed by atoms with Gasteiger partial charge < -0.3 is 0 Å². The summed E-state index contributed by atoms with van der Waals surface area (Å²) in [5.74, 6) is 1.97. The Kier molecular flexibility index (Phi) is 4.74. The van der Waals surface area contributed by atoms with Gasteiger partial charge in [-0.25, -0.2) is 0 Å². The molecule has 0 saturated heterocycles. The molecule has 13 heavy (non-hydrogen) atoms. The minimum Gasteiger partial charge on any atom is -0.128 e. The van der Waals surface area contributed by atoms with Crippen molar-refractivity contribution < 1.29 is 0 Å². The first-order chi connectivity index (χ1) is 6.24. The lowest BCUT2D eigenvalue weighted by Gasteiger charge is -2.07. The van der Waals surface area contributed by atoms with E-state index in [1.807, 2.05) is 23.5 Å². The van der Waals surface area contributed by atoms with Gasteiger partial charge in [0.15, 0.2) is 0 Å². The summed E-state index contributed by atoms with van der Waals surface area (Å²) in [6.07, 6.45) is 2.13. The molecule has 0 amide bonds. The maximum absolute atomic E-state index is 2.26. The Morgan fingerprint density at radius 2 is 1.77 bits per heavy atom. The average molecular weight is 212 g/mol. The van der Waals surface area contributed by atoms with Gasteiger partial charge in [0.05, 0.1) is 0 Å². The summed E-state index contributed by atoms with van der Waals surface area (Å²) in [4.78, 5) is 2.82. The third-order valence-electron chi connectivity index (χ3n) is 1.64. The molecule has 0 atom stereocenters. The maximum Gasteiger partial charge on any atom is 0.0208 e. The molecule has 0 aromatic heterocycles. The summed E-state index contributed by atoms with van der Waals surface area (Å²) >= 11 is 3.79. The zero-order chi connectivity index (χ0) is 9.68. The first-order valence-electron chi connectivity index (χ1n) is 4.50. The van der Waals surface area contributed by atoms with Gasteiger partial charge in [-0.15, -0.1) is 23.5 Å². The van der Waals surface area contributed by atoms with E-state index in [1.165, 1.54) is 15.5 Å². The molecule has 0 fully saturated rings. The van der Waals surface area contributed by atoms with Crippen molar-refractivity contribution in [1.29, 1.82) is 0 Å². The fourth-order valence-electron chi connectivity index (χ4n) is 0.994. The Labute approximate surface area is 89.5 Å². The molecule has 0 aliphatic rings. The van der Waals surface area contributed by atoms with Gasteiger partial charge in [0.1, 0.15) is 0 Å². The lowest BCUT2D eigenvalue weighted by atomic mass is 10.3. The van der Waals surface area contributed by atoms with Crippen molar-refractivity contribution in [3.63, 3.8) is 0 Å². The second-order valence-corrected chi connectivity index (χ2v) is 5.27. The molecule has 0 spiro atoms. The second-order valence-electron chi connectivity index (χ2n) is 3.36. The molecule has 72 valence electrons. The van der Waals surface area contributed by atoms with E-state index in [0.717, 1.165) is 5.92 Å². The SMILES string of the molecule is CSc1ccccc1SCC(C)C. The number of thioether (sulfide) groups is 2. The van der Waals surface area contributed by atoms with E-state index >= 15 is 0 Å². The van der Waals surface area contributed by atoms with Crippen molar-refractivity contribution in [1.82, 2.24) is 0 Å². The first kappa shape index (κ1) is 11.0. The van der Waals surface area contributed by atoms with Crippen molar-refractivity contribution in [3.05, 3.63) is 24.3 Å². The van der Waals surface area contributed by atoms with E-state index in [-0.39, 0.29) is 0 Å². The van der Waals surface area contributed by atoms with Crippen molar-refractivity contribution in [2.24, 2.45) is 5.92 Å². The molecule has 0 aliphatic carbocycles. The molecule has 2 heteroatoms. The smallest absolute Gasteiger partial charge is 0.0208 e. The van der Waals surface area contributed by atoms with Crippen LogP contribution in [0.25, 0.3) is 0 Å². The van der Waals surface area contributed by atoms with E-state index in [1.54, 1.807) is 0 Å². The molecule has 0 radical (unpaired) electrons. The zero-order valence-corrected chi connectivity index (χ0v) is 10.0. The van der Waals surface area contributed by atoms with Gasteiger partial charge in [0.2, 0.25) is 0 Å². The highest BCUT2D eigenvalue weighted by molar-refractivity contribution is 8.02. The van der Waals surface area contributed by atoms with Crippen LogP contribution in [0.3, 0.4) is 0 Å². The third kappa shape index (κ3) is 3.65. The lowest BCUT2D eigenvalue weighted by Crippen LogP contribution is -1.90. The fourth-order valence-corrected chi connectivity index (χ4v) is 2.80. The van der Waals surface area contributed by atoms with Crippen LogP contribution in [-0.2, 0) is 0 Å². The van der Waals surface area contributed by atoms with Gasteiger partial charge in [-0.05, 0) is 24.3 Å². The first-order valence-corrected chi connectivity index (χ1v) is 6.71. The lowest BCUT2D eigenvalue weighted by molar-refractivity contribution is 0.750. The largest absolute Gasteiger partial charge is 0.128 e. The van der Waals surface area contributed by atoms with Gasteiger partial charge >= 0.3 is 0 Å². The monoisotopic (exact) mass is 212 g/mol. The molecule has 0 bridgehead atoms. The van der Waals surface area contributed by atoms with Crippen LogP contribution in [0, 0.1) is 5.92 Å². The topological polar surface area (TPSA) is 0 Å². The van der Waals surface area contributed by atoms with Gasteiger partial charge in [0.25, 0.3) is 0 Å². The normalized spacial score (nSPS) is 10.8. The van der Waals surface area contributed by atoms with E-state index in [0.29, 0.717) is 0 Å². The predicted octanol–water partition coefficient (Wildman–Crippen LogP) is 4.16. The molecule has 0 heterocycles. The van der Waals surface area contributed by atoms with Crippen molar-refractivity contribution in [3.8, 4) is 0 Å². The van der Waals surface area contributed by atoms with Crippen LogP contribution in [0.5, 0.6) is 0 Å². The van der Waals surface area contributed by atoms with Gasteiger partial charge in [-0.2, -0.15) is 0 Å². The van der Waals surface area contributed by atoms with E-state index in [9.17, 15) is 0 Å². The highest BCUT2D eigenvalue weighted by Crippen LogP contribution is 2.30. The molecule has 1 aromatic carbocycles. The number of rotatable bonds is 4. The Morgan fingerprint density at radius 3 is 2.31 bits per heavy atom. The Bertz CT molecular complexity index is 256. The van der Waals surface area contributed by atoms with Crippen molar-refractivity contribution >= 4 is 23.5 Å². The molecule has 0 unspecified atom stereocenters. The van der Waals surface area contributed by atoms with Gasteiger partial charge in [-0.3, -0.25) is 0 Å². The fraction of sp³-hybridized carbons (Fsp3) is 0.455. The van der Waals surface area contributed by atoms with E-state index in [2.05, 4.69) is 44.4 Å². The summed E-state index contributed by atoms with van der Waals surface area (Å²) in [6, 6.07) is 8.61. The summed E-state index contributed by atoms with van der Waals surface area (Å²) < 4.78 is 0. The van der Waals surface area contributed by atoms with Gasteiger partial charge in [0, 0.05) is 15.5 Å². The second kappa shape index (κ2) is 5.61. The predicted molar refractivity (Wildman–Crippen MR) is 63.8 cm³/mol. The van der Waals surface area contributed by atoms with Gasteiger partial charge in [-0.1, -0.05) is 26.0 Å². The molecular weight excluding hydrogens is 196 g/mol. The van der Waals surface area contributed by atoms with Crippen molar-refractivity contribution in [2.45, 2.75) is 23.6 Å². The summed E-state index contributed by atoms with van der Waals surface area (Å²) in [5, 5.41) is 0. The number of benzene rings is 1. The van der Waals surface area contributed by atoms with Crippen LogP contribution in [0.4, 0.5) is 0 Å². The van der Waals surface area contributed by atoms with E-state index < -0.39 is 0 Å². The van der Waals surface area contributed by atoms with Crippen molar-refractivity contribution in [2.75, 3.05) is 12.0 Å². The number of hydrogen-bond donors (Lipinski definition) is 0. The average Bonchev–Trinajstić information content (AvgIpc) is 2.15. The van der Waals surface area contributed by atoms with Crippen LogP contribution >= 0.6 is 23.5 Å². The summed E-state index contributed by atoms with van der Waals surface area (Å²) in [6.45, 7) is 4.52. The quantitative estimate of drug-likeness (QED) is 0.687. The Hall–Kier alpha value is -0.0800. The zero-order valence-electron chi connectivity index (χ0n) is 8.41. The molecule has 0 saturated carbocycles. The highest BCUT2D eigenvalue weighted by Gasteiger charge is 2.01. The maximum atomic E-state index is 2.26. The summed E-state index contributed by atoms with van der Waals surface area (Å²) in [7, 11) is 0. The third-order valence-corrected chi connectivity index (χ3v) is 4.07. The van der Waals surface area contributed by atoms with Crippen LogP contribution in [-0.4, -0.2) is 12.0 Å². The van der Waals surface area contributed by atoms with E-state index in [4.69, 9.17) is 0 Å². The highest BCUT2D eigenvalue weighted by atomic mass is 32.2.